The summed E-state index contributed by atoms with van der Waals surface area (Å²) in [7, 11) is -2.72. The van der Waals surface area contributed by atoms with E-state index in [1.54, 1.807) is 24.3 Å². The predicted octanol–water partition coefficient (Wildman–Crippen LogP) is 7.21. The van der Waals surface area contributed by atoms with Crippen molar-refractivity contribution in [3.8, 4) is 11.5 Å². The molecule has 1 heterocycles. The molecule has 0 saturated carbocycles. The van der Waals surface area contributed by atoms with Gasteiger partial charge in [-0.2, -0.15) is 8.42 Å². The number of methoxy groups -OCH3 is 1. The Kier molecular flexibility index (Phi) is 8.21. The van der Waals surface area contributed by atoms with Crippen molar-refractivity contribution in [2.75, 3.05) is 13.7 Å². The minimum absolute atomic E-state index is 0.0288. The molecule has 2 aromatic rings. The summed E-state index contributed by atoms with van der Waals surface area (Å²) in [5.74, 6) is -0.233. The van der Waals surface area contributed by atoms with Gasteiger partial charge in [-0.3, -0.25) is 9.59 Å². The number of carbonyl (C=O) groups is 2. The molecule has 0 amide bonds. The second kappa shape index (κ2) is 11.4. The molecule has 0 unspecified atom stereocenters. The lowest BCUT2D eigenvalue weighted by Crippen LogP contribution is -2.44. The van der Waals surface area contributed by atoms with E-state index in [0.717, 1.165) is 29.8 Å². The Balaban J connectivity index is 1.73. The number of ketones is 2. The molecule has 234 valence electrons. The molecule has 0 saturated heterocycles. The summed E-state index contributed by atoms with van der Waals surface area (Å²) in [5, 5.41) is 0. The van der Waals surface area contributed by atoms with Crippen molar-refractivity contribution in [3.63, 3.8) is 0 Å². The molecule has 7 nitrogen and oxygen atoms in total. The van der Waals surface area contributed by atoms with E-state index in [1.165, 1.54) is 19.2 Å². The van der Waals surface area contributed by atoms with Crippen LogP contribution in [0.3, 0.4) is 0 Å². The number of benzene rings is 2. The van der Waals surface area contributed by atoms with Crippen LogP contribution in [0.5, 0.6) is 11.5 Å². The molecule has 0 aromatic heterocycles. The highest BCUT2D eigenvalue weighted by atomic mass is 32.2. The second-order valence-corrected chi connectivity index (χ2v) is 15.4. The zero-order chi connectivity index (χ0) is 32.2. The first-order valence-corrected chi connectivity index (χ1v) is 16.6. The van der Waals surface area contributed by atoms with Gasteiger partial charge in [0.25, 0.3) is 0 Å². The molecule has 44 heavy (non-hydrogen) atoms. The van der Waals surface area contributed by atoms with Crippen molar-refractivity contribution < 1.29 is 26.9 Å². The van der Waals surface area contributed by atoms with Crippen LogP contribution in [0.1, 0.15) is 82.9 Å². The zero-order valence-corrected chi connectivity index (χ0v) is 27.7. The van der Waals surface area contributed by atoms with E-state index in [-0.39, 0.29) is 45.2 Å². The number of nitrogens with zero attached hydrogens (tertiary/aromatic N) is 1. The van der Waals surface area contributed by atoms with Gasteiger partial charge >= 0.3 is 10.1 Å². The summed E-state index contributed by atoms with van der Waals surface area (Å²) in [4.78, 5) is 30.3. The van der Waals surface area contributed by atoms with Crippen LogP contribution >= 0.6 is 0 Å². The summed E-state index contributed by atoms with van der Waals surface area (Å²) in [5.41, 5.74) is 5.02. The van der Waals surface area contributed by atoms with Gasteiger partial charge < -0.3 is 13.8 Å². The number of carbonyl (C=O) groups excluding carboxylic acids is 2. The smallest absolute Gasteiger partial charge is 0.339 e. The molecular formula is C36H43NO6S. The first-order chi connectivity index (χ1) is 20.6. The number of allylic oxidation sites excluding steroid dienone is 5. The fourth-order valence-electron chi connectivity index (χ4n) is 7.03. The third-order valence-corrected chi connectivity index (χ3v) is 10.1. The van der Waals surface area contributed by atoms with Crippen molar-refractivity contribution in [1.29, 1.82) is 0 Å². The highest BCUT2D eigenvalue weighted by molar-refractivity contribution is 7.87. The Morgan fingerprint density at radius 1 is 0.932 bits per heavy atom. The Bertz CT molecular complexity index is 1660. The molecular weight excluding hydrogens is 574 g/mol. The number of ether oxygens (including phenoxy) is 1. The van der Waals surface area contributed by atoms with Gasteiger partial charge in [0.1, 0.15) is 4.90 Å². The molecule has 2 aliphatic carbocycles. The first kappa shape index (κ1) is 31.8. The summed E-state index contributed by atoms with van der Waals surface area (Å²) in [6.45, 7) is 17.0. The van der Waals surface area contributed by atoms with Crippen molar-refractivity contribution in [3.05, 3.63) is 88.3 Å². The van der Waals surface area contributed by atoms with Gasteiger partial charge in [-0.1, -0.05) is 57.5 Å². The fraction of sp³-hybridized carbons (Fsp3) is 0.444. The normalized spacial score (nSPS) is 19.9. The van der Waals surface area contributed by atoms with Gasteiger partial charge in [-0.25, -0.2) is 0 Å². The van der Waals surface area contributed by atoms with E-state index in [4.69, 9.17) is 8.92 Å². The van der Waals surface area contributed by atoms with E-state index >= 15 is 0 Å². The Morgan fingerprint density at radius 2 is 1.48 bits per heavy atom. The Morgan fingerprint density at radius 3 is 1.95 bits per heavy atom. The maximum atomic E-state index is 14.0. The summed E-state index contributed by atoms with van der Waals surface area (Å²) in [6.07, 6.45) is 4.16. The molecule has 0 spiro atoms. The first-order valence-electron chi connectivity index (χ1n) is 15.2. The molecule has 5 rings (SSSR count). The molecule has 1 aliphatic heterocycles. The van der Waals surface area contributed by atoms with Gasteiger partial charge in [0.2, 0.25) is 0 Å². The molecule has 0 atom stereocenters. The fourth-order valence-corrected chi connectivity index (χ4v) is 8.00. The lowest BCUT2D eigenvalue weighted by atomic mass is 9.63. The van der Waals surface area contributed by atoms with E-state index in [9.17, 15) is 18.0 Å². The largest absolute Gasteiger partial charge is 0.493 e. The van der Waals surface area contributed by atoms with Crippen LogP contribution in [0.25, 0.3) is 0 Å². The number of hydrogen-bond donors (Lipinski definition) is 0. The van der Waals surface area contributed by atoms with Crippen molar-refractivity contribution >= 4 is 21.7 Å². The van der Waals surface area contributed by atoms with Crippen LogP contribution < -0.4 is 8.92 Å². The lowest BCUT2D eigenvalue weighted by Gasteiger charge is -2.49. The minimum atomic E-state index is -4.18. The highest BCUT2D eigenvalue weighted by Crippen LogP contribution is 2.55. The van der Waals surface area contributed by atoms with Crippen molar-refractivity contribution in [1.82, 2.24) is 4.90 Å². The van der Waals surface area contributed by atoms with Crippen LogP contribution in [0, 0.1) is 17.8 Å². The standard InChI is InChI=1S/C36H43NO6S/c1-9-11-23-16-24(17-30(42-8)34(23)43-44(40,41)25-14-12-22(3)13-15-25)31-32-26(18-35(4,5)20-28(32)38)37(10-2)27-19-36(6,7)21-29(39)33(27)31/h9,12-17,31H,1,10-11,18-21H2,2-8H3. The van der Waals surface area contributed by atoms with Gasteiger partial charge in [0.05, 0.1) is 7.11 Å². The zero-order valence-electron chi connectivity index (χ0n) is 26.9. The molecule has 8 heteroatoms. The van der Waals surface area contributed by atoms with E-state index < -0.39 is 16.0 Å². The van der Waals surface area contributed by atoms with Crippen LogP contribution in [0.2, 0.25) is 0 Å². The maximum absolute atomic E-state index is 14.0. The van der Waals surface area contributed by atoms with Crippen molar-refractivity contribution in [2.24, 2.45) is 10.8 Å². The molecule has 0 N–H and O–H groups in total. The number of Topliss-reactive ketones (excluding diaryl/α,β-unsaturated/α-hetero) is 2. The monoisotopic (exact) mass is 617 g/mol. The van der Waals surface area contributed by atoms with Gasteiger partial charge in [-0.05, 0) is 67.7 Å². The predicted molar refractivity (Wildman–Crippen MR) is 171 cm³/mol. The van der Waals surface area contributed by atoms with Crippen LogP contribution in [0.4, 0.5) is 0 Å². The lowest BCUT2D eigenvalue weighted by molar-refractivity contribution is -0.119. The summed E-state index contributed by atoms with van der Waals surface area (Å²) >= 11 is 0. The average molecular weight is 618 g/mol. The SMILES string of the molecule is C=CCc1cc(C2C3=C(CC(C)(C)CC3=O)N(CC)C3=C2C(=O)CC(C)(C)C3)cc(OC)c1OS(=O)(=O)c1ccc(C)cc1. The van der Waals surface area contributed by atoms with Crippen LogP contribution in [-0.2, 0) is 26.1 Å². The Labute approximate surface area is 261 Å². The van der Waals surface area contributed by atoms with Crippen LogP contribution in [-0.4, -0.2) is 38.5 Å². The van der Waals surface area contributed by atoms with E-state index in [1.807, 2.05) is 13.0 Å². The number of aryl methyl sites for hydroxylation is 1. The third kappa shape index (κ3) is 5.76. The van der Waals surface area contributed by atoms with E-state index in [0.29, 0.717) is 41.7 Å². The third-order valence-electron chi connectivity index (χ3n) is 8.91. The summed E-state index contributed by atoms with van der Waals surface area (Å²) < 4.78 is 38.2. The van der Waals surface area contributed by atoms with Gasteiger partial charge in [0.15, 0.2) is 23.1 Å². The Hall–Kier alpha value is -3.65. The van der Waals surface area contributed by atoms with Crippen LogP contribution in [0.15, 0.2) is 76.5 Å². The second-order valence-electron chi connectivity index (χ2n) is 13.8. The molecule has 2 aromatic carbocycles. The average Bonchev–Trinajstić information content (AvgIpc) is 2.91. The topological polar surface area (TPSA) is 90.0 Å². The number of rotatable bonds is 8. The van der Waals surface area contributed by atoms with Gasteiger partial charge in [0, 0.05) is 53.4 Å². The highest BCUT2D eigenvalue weighted by Gasteiger charge is 2.49. The molecule has 3 aliphatic rings. The minimum Gasteiger partial charge on any atom is -0.493 e. The summed E-state index contributed by atoms with van der Waals surface area (Å²) in [6, 6.07) is 10.0. The van der Waals surface area contributed by atoms with E-state index in [2.05, 4.69) is 46.1 Å². The number of hydrogen-bond acceptors (Lipinski definition) is 7. The quantitative estimate of drug-likeness (QED) is 0.228. The maximum Gasteiger partial charge on any atom is 0.339 e. The van der Waals surface area contributed by atoms with Gasteiger partial charge in [-0.15, -0.1) is 6.58 Å². The molecule has 0 bridgehead atoms. The van der Waals surface area contributed by atoms with Crippen molar-refractivity contribution in [2.45, 2.75) is 84.5 Å². The molecule has 0 fully saturated rings. The molecule has 0 radical (unpaired) electrons.